The third-order valence-electron chi connectivity index (χ3n) is 2.02. The molecule has 0 bridgehead atoms. The van der Waals surface area contributed by atoms with Crippen LogP contribution in [0.15, 0.2) is 18.2 Å². The van der Waals surface area contributed by atoms with Gasteiger partial charge in [0.2, 0.25) is 0 Å². The first-order valence-electron chi connectivity index (χ1n) is 4.00. The van der Waals surface area contributed by atoms with Crippen LogP contribution in [0.1, 0.15) is 28.3 Å². The highest BCUT2D eigenvalue weighted by Crippen LogP contribution is 2.27. The van der Waals surface area contributed by atoms with Crippen molar-refractivity contribution in [3.8, 4) is 0 Å². The predicted molar refractivity (Wildman–Crippen MR) is 55.5 cm³/mol. The van der Waals surface area contributed by atoms with Gasteiger partial charge >= 0.3 is 0 Å². The summed E-state index contributed by atoms with van der Waals surface area (Å²) in [5.41, 5.74) is 8.28. The van der Waals surface area contributed by atoms with Crippen LogP contribution in [-0.2, 0) is 0 Å². The molecule has 0 saturated heterocycles. The van der Waals surface area contributed by atoms with Gasteiger partial charge in [-0.25, -0.2) is 0 Å². The third-order valence-corrected chi connectivity index (χ3v) is 3.26. The molecule has 0 fully saturated rings. The Kier molecular flexibility index (Phi) is 2.70. The van der Waals surface area contributed by atoms with Crippen LogP contribution in [0.5, 0.6) is 0 Å². The number of hydrogen-bond donors (Lipinski definition) is 1. The van der Waals surface area contributed by atoms with E-state index in [0.29, 0.717) is 0 Å². The van der Waals surface area contributed by atoms with Crippen molar-refractivity contribution < 1.29 is 0 Å². The van der Waals surface area contributed by atoms with E-state index in [1.54, 1.807) is 11.3 Å². The Labute approximate surface area is 77.9 Å². The molecule has 0 saturated carbocycles. The SMILES string of the molecule is C=C(C)C(N)c1cc(C)c(C)s1. The highest BCUT2D eigenvalue weighted by atomic mass is 32.1. The van der Waals surface area contributed by atoms with Gasteiger partial charge < -0.3 is 5.73 Å². The van der Waals surface area contributed by atoms with E-state index in [1.165, 1.54) is 15.3 Å². The second-order valence-electron chi connectivity index (χ2n) is 3.21. The van der Waals surface area contributed by atoms with Crippen LogP contribution >= 0.6 is 11.3 Å². The molecule has 1 atom stereocenters. The number of thiophene rings is 1. The molecule has 1 nitrogen and oxygen atoms in total. The van der Waals surface area contributed by atoms with Crippen LogP contribution in [0.3, 0.4) is 0 Å². The van der Waals surface area contributed by atoms with Crippen molar-refractivity contribution in [2.24, 2.45) is 5.73 Å². The van der Waals surface area contributed by atoms with E-state index in [4.69, 9.17) is 5.73 Å². The fraction of sp³-hybridized carbons (Fsp3) is 0.400. The molecule has 0 amide bonds. The average molecular weight is 181 g/mol. The summed E-state index contributed by atoms with van der Waals surface area (Å²) in [6.07, 6.45) is 0. The second kappa shape index (κ2) is 3.42. The van der Waals surface area contributed by atoms with Gasteiger partial charge in [0, 0.05) is 9.75 Å². The van der Waals surface area contributed by atoms with Crippen molar-refractivity contribution in [2.75, 3.05) is 0 Å². The zero-order valence-corrected chi connectivity index (χ0v) is 8.66. The summed E-state index contributed by atoms with van der Waals surface area (Å²) < 4.78 is 0. The van der Waals surface area contributed by atoms with E-state index in [2.05, 4.69) is 26.5 Å². The molecular weight excluding hydrogens is 166 g/mol. The molecule has 66 valence electrons. The number of hydrogen-bond acceptors (Lipinski definition) is 2. The van der Waals surface area contributed by atoms with Crippen molar-refractivity contribution in [3.63, 3.8) is 0 Å². The number of rotatable bonds is 2. The lowest BCUT2D eigenvalue weighted by Gasteiger charge is -2.07. The van der Waals surface area contributed by atoms with Gasteiger partial charge in [-0.1, -0.05) is 12.2 Å². The molecule has 1 rings (SSSR count). The summed E-state index contributed by atoms with van der Waals surface area (Å²) in [5.74, 6) is 0. The molecule has 0 aliphatic rings. The lowest BCUT2D eigenvalue weighted by atomic mass is 10.1. The lowest BCUT2D eigenvalue weighted by Crippen LogP contribution is -2.08. The Morgan fingerprint density at radius 3 is 2.50 bits per heavy atom. The molecule has 2 N–H and O–H groups in total. The van der Waals surface area contributed by atoms with Crippen molar-refractivity contribution in [2.45, 2.75) is 26.8 Å². The van der Waals surface area contributed by atoms with Crippen LogP contribution < -0.4 is 5.73 Å². The maximum absolute atomic E-state index is 5.93. The van der Waals surface area contributed by atoms with Crippen LogP contribution in [-0.4, -0.2) is 0 Å². The van der Waals surface area contributed by atoms with E-state index in [9.17, 15) is 0 Å². The Morgan fingerprint density at radius 2 is 2.17 bits per heavy atom. The minimum absolute atomic E-state index is 0.0161. The lowest BCUT2D eigenvalue weighted by molar-refractivity contribution is 0.870. The molecule has 1 unspecified atom stereocenters. The largest absolute Gasteiger partial charge is 0.320 e. The van der Waals surface area contributed by atoms with Crippen molar-refractivity contribution in [1.82, 2.24) is 0 Å². The van der Waals surface area contributed by atoms with E-state index in [1.807, 2.05) is 6.92 Å². The molecule has 0 aliphatic heterocycles. The standard InChI is InChI=1S/C10H15NS/c1-6(2)10(11)9-5-7(3)8(4)12-9/h5,10H,1,11H2,2-4H3. The van der Waals surface area contributed by atoms with E-state index < -0.39 is 0 Å². The summed E-state index contributed by atoms with van der Waals surface area (Å²) in [5, 5.41) is 0. The van der Waals surface area contributed by atoms with E-state index in [0.717, 1.165) is 5.57 Å². The van der Waals surface area contributed by atoms with Gasteiger partial charge in [-0.05, 0) is 32.4 Å². The second-order valence-corrected chi connectivity index (χ2v) is 4.50. The normalized spacial score (nSPS) is 13.0. The molecule has 0 radical (unpaired) electrons. The van der Waals surface area contributed by atoms with E-state index in [-0.39, 0.29) is 6.04 Å². The van der Waals surface area contributed by atoms with Crippen LogP contribution in [0.4, 0.5) is 0 Å². The maximum Gasteiger partial charge on any atom is 0.0600 e. The monoisotopic (exact) mass is 181 g/mol. The Balaban J connectivity index is 2.96. The minimum Gasteiger partial charge on any atom is -0.320 e. The summed E-state index contributed by atoms with van der Waals surface area (Å²) in [4.78, 5) is 2.57. The van der Waals surface area contributed by atoms with Gasteiger partial charge in [0.15, 0.2) is 0 Å². The fourth-order valence-electron chi connectivity index (χ4n) is 0.998. The molecule has 1 heterocycles. The average Bonchev–Trinajstić information content (AvgIpc) is 2.30. The van der Waals surface area contributed by atoms with Gasteiger partial charge in [-0.2, -0.15) is 0 Å². The maximum atomic E-state index is 5.93. The molecule has 12 heavy (non-hydrogen) atoms. The van der Waals surface area contributed by atoms with E-state index >= 15 is 0 Å². The molecule has 0 aliphatic carbocycles. The smallest absolute Gasteiger partial charge is 0.0600 e. The van der Waals surface area contributed by atoms with Crippen molar-refractivity contribution in [3.05, 3.63) is 33.5 Å². The highest BCUT2D eigenvalue weighted by molar-refractivity contribution is 7.12. The topological polar surface area (TPSA) is 26.0 Å². The molecule has 0 aromatic carbocycles. The number of nitrogens with two attached hydrogens (primary N) is 1. The Hall–Kier alpha value is -0.600. The van der Waals surface area contributed by atoms with Gasteiger partial charge in [-0.3, -0.25) is 0 Å². The zero-order valence-electron chi connectivity index (χ0n) is 7.85. The summed E-state index contributed by atoms with van der Waals surface area (Å²) in [6, 6.07) is 2.17. The van der Waals surface area contributed by atoms with Crippen LogP contribution in [0.25, 0.3) is 0 Å². The molecule has 2 heteroatoms. The predicted octanol–water partition coefficient (Wildman–Crippen LogP) is 2.94. The van der Waals surface area contributed by atoms with Gasteiger partial charge in [0.1, 0.15) is 0 Å². The molecular formula is C10H15NS. The third kappa shape index (κ3) is 1.76. The zero-order chi connectivity index (χ0) is 9.30. The molecule has 1 aromatic rings. The summed E-state index contributed by atoms with van der Waals surface area (Å²) in [7, 11) is 0. The number of aryl methyl sites for hydroxylation is 2. The Morgan fingerprint density at radius 1 is 1.58 bits per heavy atom. The first-order chi connectivity index (χ1) is 5.52. The fourth-order valence-corrected chi connectivity index (χ4v) is 2.14. The summed E-state index contributed by atoms with van der Waals surface area (Å²) >= 11 is 1.76. The minimum atomic E-state index is 0.0161. The molecule has 0 spiro atoms. The van der Waals surface area contributed by atoms with Crippen LogP contribution in [0.2, 0.25) is 0 Å². The van der Waals surface area contributed by atoms with Gasteiger partial charge in [0.25, 0.3) is 0 Å². The molecule has 1 aromatic heterocycles. The first kappa shape index (κ1) is 9.49. The van der Waals surface area contributed by atoms with Gasteiger partial charge in [0.05, 0.1) is 6.04 Å². The van der Waals surface area contributed by atoms with Crippen molar-refractivity contribution >= 4 is 11.3 Å². The van der Waals surface area contributed by atoms with Crippen LogP contribution in [0, 0.1) is 13.8 Å². The summed E-state index contributed by atoms with van der Waals surface area (Å²) in [6.45, 7) is 10.1. The Bertz CT molecular complexity index is 279. The quantitative estimate of drug-likeness (QED) is 0.697. The first-order valence-corrected chi connectivity index (χ1v) is 4.82. The van der Waals surface area contributed by atoms with Crippen molar-refractivity contribution in [1.29, 1.82) is 0 Å². The van der Waals surface area contributed by atoms with Gasteiger partial charge in [-0.15, -0.1) is 11.3 Å². The highest BCUT2D eigenvalue weighted by Gasteiger charge is 2.09.